The minimum absolute atomic E-state index is 0.146. The van der Waals surface area contributed by atoms with Crippen LogP contribution in [0, 0.1) is 6.92 Å². The molecule has 2 aromatic rings. The summed E-state index contributed by atoms with van der Waals surface area (Å²) in [7, 11) is 0. The van der Waals surface area contributed by atoms with Gasteiger partial charge in [0, 0.05) is 31.4 Å². The zero-order valence-electron chi connectivity index (χ0n) is 14.8. The first-order chi connectivity index (χ1) is 12.2. The highest BCUT2D eigenvalue weighted by molar-refractivity contribution is 5.77. The van der Waals surface area contributed by atoms with Crippen molar-refractivity contribution in [2.24, 2.45) is 0 Å². The minimum atomic E-state index is 0.146. The second-order valence-electron chi connectivity index (χ2n) is 7.17. The van der Waals surface area contributed by atoms with Gasteiger partial charge in [-0.2, -0.15) is 0 Å². The number of carbonyl (C=O) groups excluding carboxylic acids is 1. The Balaban J connectivity index is 1.42. The lowest BCUT2D eigenvalue weighted by Gasteiger charge is -2.22. The molecule has 1 atom stereocenters. The quantitative estimate of drug-likeness (QED) is 0.903. The first kappa shape index (κ1) is 16.3. The highest BCUT2D eigenvalue weighted by atomic mass is 16.1. The van der Waals surface area contributed by atoms with Gasteiger partial charge >= 0.3 is 0 Å². The average molecular weight is 335 g/mol. The third-order valence-electron chi connectivity index (χ3n) is 5.62. The zero-order chi connectivity index (χ0) is 17.2. The number of nitrogens with zero attached hydrogens (tertiary/aromatic N) is 1. The molecule has 0 radical (unpaired) electrons. The van der Waals surface area contributed by atoms with Crippen LogP contribution in [0.25, 0.3) is 0 Å². The number of hydrogen-bond acceptors (Lipinski definition) is 3. The van der Waals surface area contributed by atoms with Crippen molar-refractivity contribution < 1.29 is 4.79 Å². The van der Waals surface area contributed by atoms with Crippen molar-refractivity contribution in [3.8, 4) is 0 Å². The van der Waals surface area contributed by atoms with Gasteiger partial charge in [0.25, 0.3) is 0 Å². The van der Waals surface area contributed by atoms with E-state index in [1.54, 1.807) is 0 Å². The Hall–Kier alpha value is -2.20. The SMILES string of the molecule is Cc1ncc2c(c1CNC(=O)C[C@@H]1CCc3ccccc31)CCNC2. The van der Waals surface area contributed by atoms with E-state index in [1.807, 2.05) is 13.1 Å². The molecule has 25 heavy (non-hydrogen) atoms. The van der Waals surface area contributed by atoms with E-state index >= 15 is 0 Å². The van der Waals surface area contributed by atoms with E-state index in [2.05, 4.69) is 39.9 Å². The van der Waals surface area contributed by atoms with Crippen LogP contribution in [0.15, 0.2) is 30.5 Å². The van der Waals surface area contributed by atoms with Crippen LogP contribution < -0.4 is 10.6 Å². The van der Waals surface area contributed by atoms with Gasteiger partial charge in [-0.1, -0.05) is 24.3 Å². The number of hydrogen-bond donors (Lipinski definition) is 2. The molecule has 1 aliphatic carbocycles. The Morgan fingerprint density at radius 2 is 2.16 bits per heavy atom. The van der Waals surface area contributed by atoms with Crippen molar-refractivity contribution in [1.82, 2.24) is 15.6 Å². The van der Waals surface area contributed by atoms with Crippen molar-refractivity contribution in [3.05, 3.63) is 64.0 Å². The summed E-state index contributed by atoms with van der Waals surface area (Å²) >= 11 is 0. The molecule has 0 saturated carbocycles. The van der Waals surface area contributed by atoms with Gasteiger partial charge in [0.2, 0.25) is 5.91 Å². The van der Waals surface area contributed by atoms with Crippen LogP contribution in [0.1, 0.15) is 52.3 Å². The largest absolute Gasteiger partial charge is 0.352 e. The molecular weight excluding hydrogens is 310 g/mol. The van der Waals surface area contributed by atoms with E-state index in [0.29, 0.717) is 18.9 Å². The van der Waals surface area contributed by atoms with Crippen LogP contribution in [0.4, 0.5) is 0 Å². The average Bonchev–Trinajstić information content (AvgIpc) is 3.04. The third kappa shape index (κ3) is 3.31. The number of pyridine rings is 1. The molecule has 0 bridgehead atoms. The number of aromatic nitrogens is 1. The highest BCUT2D eigenvalue weighted by Gasteiger charge is 2.24. The van der Waals surface area contributed by atoms with Gasteiger partial charge in [0.15, 0.2) is 0 Å². The number of amides is 1. The second-order valence-corrected chi connectivity index (χ2v) is 7.17. The zero-order valence-corrected chi connectivity index (χ0v) is 14.8. The Kier molecular flexibility index (Phi) is 4.53. The first-order valence-electron chi connectivity index (χ1n) is 9.24. The van der Waals surface area contributed by atoms with Gasteiger partial charge in [-0.25, -0.2) is 0 Å². The molecule has 1 aromatic heterocycles. The van der Waals surface area contributed by atoms with E-state index in [9.17, 15) is 4.79 Å². The van der Waals surface area contributed by atoms with E-state index in [4.69, 9.17) is 0 Å². The maximum Gasteiger partial charge on any atom is 0.220 e. The molecule has 0 fully saturated rings. The Morgan fingerprint density at radius 3 is 3.08 bits per heavy atom. The molecular formula is C21H25N3O. The number of fused-ring (bicyclic) bond motifs is 2. The van der Waals surface area contributed by atoms with E-state index in [1.165, 1.54) is 27.8 Å². The molecule has 130 valence electrons. The lowest BCUT2D eigenvalue weighted by atomic mass is 9.95. The summed E-state index contributed by atoms with van der Waals surface area (Å²) in [6.45, 7) is 4.50. The van der Waals surface area contributed by atoms with Gasteiger partial charge in [0.1, 0.15) is 0 Å². The van der Waals surface area contributed by atoms with E-state index in [0.717, 1.165) is 38.0 Å². The first-order valence-corrected chi connectivity index (χ1v) is 9.24. The standard InChI is InChI=1S/C21H25N3O/c1-14-20(19-8-9-22-11-17(19)12-23-14)13-24-21(25)10-16-7-6-15-4-2-3-5-18(15)16/h2-5,12,16,22H,6-11,13H2,1H3,(H,24,25)/t16-/m0/s1. The molecule has 0 spiro atoms. The third-order valence-corrected chi connectivity index (χ3v) is 5.62. The summed E-state index contributed by atoms with van der Waals surface area (Å²) < 4.78 is 0. The van der Waals surface area contributed by atoms with Gasteiger partial charge in [0.05, 0.1) is 0 Å². The smallest absolute Gasteiger partial charge is 0.220 e. The Morgan fingerprint density at radius 1 is 1.28 bits per heavy atom. The van der Waals surface area contributed by atoms with Crippen LogP contribution in [-0.2, 0) is 30.7 Å². The number of aryl methyl sites for hydroxylation is 2. The monoisotopic (exact) mass is 335 g/mol. The van der Waals surface area contributed by atoms with Crippen LogP contribution in [0.5, 0.6) is 0 Å². The fourth-order valence-electron chi connectivity index (χ4n) is 4.22. The Labute approximate surface area is 149 Å². The van der Waals surface area contributed by atoms with Gasteiger partial charge in [-0.05, 0) is 66.5 Å². The van der Waals surface area contributed by atoms with Crippen LogP contribution in [0.3, 0.4) is 0 Å². The van der Waals surface area contributed by atoms with Crippen molar-refractivity contribution in [3.63, 3.8) is 0 Å². The van der Waals surface area contributed by atoms with Crippen molar-refractivity contribution >= 4 is 5.91 Å². The second kappa shape index (κ2) is 6.96. The highest BCUT2D eigenvalue weighted by Crippen LogP contribution is 2.35. The summed E-state index contributed by atoms with van der Waals surface area (Å²) in [6.07, 6.45) is 5.74. The topological polar surface area (TPSA) is 54.0 Å². The molecule has 4 nitrogen and oxygen atoms in total. The van der Waals surface area contributed by atoms with Crippen molar-refractivity contribution in [2.45, 2.75) is 51.6 Å². The summed E-state index contributed by atoms with van der Waals surface area (Å²) in [5, 5.41) is 6.53. The predicted molar refractivity (Wildman–Crippen MR) is 98.4 cm³/mol. The van der Waals surface area contributed by atoms with Gasteiger partial charge in [-0.3, -0.25) is 9.78 Å². The molecule has 4 heteroatoms. The van der Waals surface area contributed by atoms with E-state index in [-0.39, 0.29) is 5.91 Å². The summed E-state index contributed by atoms with van der Waals surface area (Å²) in [4.78, 5) is 17.0. The van der Waals surface area contributed by atoms with Gasteiger partial charge < -0.3 is 10.6 Å². The molecule has 1 aliphatic heterocycles. The summed E-state index contributed by atoms with van der Waals surface area (Å²) in [5.74, 6) is 0.511. The number of carbonyl (C=O) groups is 1. The number of rotatable bonds is 4. The maximum absolute atomic E-state index is 12.5. The molecule has 1 aromatic carbocycles. The molecule has 1 amide bonds. The predicted octanol–water partition coefficient (Wildman–Crippen LogP) is 2.77. The van der Waals surface area contributed by atoms with Crippen molar-refractivity contribution in [1.29, 1.82) is 0 Å². The molecule has 0 saturated heterocycles. The molecule has 4 rings (SSSR count). The lowest BCUT2D eigenvalue weighted by molar-refractivity contribution is -0.121. The number of nitrogens with one attached hydrogen (secondary N) is 2. The molecule has 0 unspecified atom stereocenters. The van der Waals surface area contributed by atoms with Crippen LogP contribution in [0.2, 0.25) is 0 Å². The van der Waals surface area contributed by atoms with Crippen molar-refractivity contribution in [2.75, 3.05) is 6.54 Å². The maximum atomic E-state index is 12.5. The van der Waals surface area contributed by atoms with Crippen LogP contribution in [-0.4, -0.2) is 17.4 Å². The Bertz CT molecular complexity index is 800. The fraction of sp³-hybridized carbons (Fsp3) is 0.429. The number of benzene rings is 1. The lowest BCUT2D eigenvalue weighted by Crippen LogP contribution is -2.29. The fourth-order valence-corrected chi connectivity index (χ4v) is 4.22. The molecule has 2 N–H and O–H groups in total. The summed E-state index contributed by atoms with van der Waals surface area (Å²) in [5.41, 5.74) is 7.65. The van der Waals surface area contributed by atoms with Crippen LogP contribution >= 0.6 is 0 Å². The van der Waals surface area contributed by atoms with Gasteiger partial charge in [-0.15, -0.1) is 0 Å². The van der Waals surface area contributed by atoms with E-state index < -0.39 is 0 Å². The normalized spacial score (nSPS) is 18.5. The summed E-state index contributed by atoms with van der Waals surface area (Å²) in [6, 6.07) is 8.53. The minimum Gasteiger partial charge on any atom is -0.352 e. The molecule has 2 heterocycles. The molecule has 2 aliphatic rings.